The number of anilines is 2. The van der Waals surface area contributed by atoms with Crippen molar-refractivity contribution in [3.8, 4) is 5.75 Å². The molecule has 8 nitrogen and oxygen atoms in total. The van der Waals surface area contributed by atoms with E-state index in [9.17, 15) is 14.4 Å². The van der Waals surface area contributed by atoms with Crippen molar-refractivity contribution >= 4 is 57.8 Å². The normalized spacial score (nSPS) is 11.8. The molecule has 0 radical (unpaired) electrons. The van der Waals surface area contributed by atoms with Crippen LogP contribution in [0.2, 0.25) is 0 Å². The Morgan fingerprint density at radius 3 is 2.23 bits per heavy atom. The molecule has 0 saturated heterocycles. The lowest BCUT2D eigenvalue weighted by Crippen LogP contribution is -2.30. The van der Waals surface area contributed by atoms with Gasteiger partial charge in [-0.3, -0.25) is 14.4 Å². The average molecular weight is 653 g/mol. The lowest BCUT2D eigenvalue weighted by Gasteiger charge is -2.18. The van der Waals surface area contributed by atoms with E-state index in [0.29, 0.717) is 28.3 Å². The number of rotatable bonds is 11. The van der Waals surface area contributed by atoms with Crippen LogP contribution < -0.4 is 20.7 Å². The number of ether oxygens (including phenoxy) is 1. The maximum atomic E-state index is 13.7. The van der Waals surface area contributed by atoms with Crippen LogP contribution >= 0.6 is 11.8 Å². The van der Waals surface area contributed by atoms with Crippen LogP contribution in [-0.4, -0.2) is 29.8 Å². The number of H-pyrrole nitrogens is 1. The first-order valence-corrected chi connectivity index (χ1v) is 16.1. The first-order valence-electron chi connectivity index (χ1n) is 15.2. The average Bonchev–Trinajstić information content (AvgIpc) is 3.59. The smallest absolute Gasteiger partial charge is 0.272 e. The van der Waals surface area contributed by atoms with Gasteiger partial charge in [0.05, 0.1) is 7.11 Å². The highest BCUT2D eigenvalue weighted by molar-refractivity contribution is 8.00. The topological polar surface area (TPSA) is 112 Å². The van der Waals surface area contributed by atoms with Gasteiger partial charge in [0.25, 0.3) is 11.8 Å². The van der Waals surface area contributed by atoms with Crippen molar-refractivity contribution in [2.45, 2.75) is 10.1 Å². The minimum absolute atomic E-state index is 0.0626. The molecular formula is C39H32N4O4S. The van der Waals surface area contributed by atoms with Crippen molar-refractivity contribution in [3.05, 3.63) is 162 Å². The molecule has 0 spiro atoms. The molecule has 0 aliphatic rings. The first kappa shape index (κ1) is 31.9. The zero-order chi connectivity index (χ0) is 33.3. The molecule has 6 rings (SSSR count). The number of fused-ring (bicyclic) bond motifs is 1. The molecule has 3 amide bonds. The number of methoxy groups -OCH3 is 1. The maximum Gasteiger partial charge on any atom is 0.272 e. The van der Waals surface area contributed by atoms with E-state index >= 15 is 0 Å². The molecule has 1 unspecified atom stereocenters. The fourth-order valence-corrected chi connectivity index (χ4v) is 6.11. The first-order chi connectivity index (χ1) is 23.4. The number of carbonyl (C=O) groups excluding carboxylic acids is 3. The van der Waals surface area contributed by atoms with Gasteiger partial charge in [0.2, 0.25) is 5.91 Å². The third-order valence-electron chi connectivity index (χ3n) is 7.46. The van der Waals surface area contributed by atoms with Crippen LogP contribution in [0.5, 0.6) is 5.75 Å². The van der Waals surface area contributed by atoms with Gasteiger partial charge < -0.3 is 25.7 Å². The van der Waals surface area contributed by atoms with E-state index in [4.69, 9.17) is 4.74 Å². The van der Waals surface area contributed by atoms with E-state index in [1.165, 1.54) is 11.8 Å². The highest BCUT2D eigenvalue weighted by Gasteiger charge is 2.23. The molecule has 6 aromatic rings. The molecule has 1 heterocycles. The summed E-state index contributed by atoms with van der Waals surface area (Å²) in [4.78, 5) is 44.4. The minimum Gasteiger partial charge on any atom is -0.497 e. The number of thioether (sulfide) groups is 1. The molecule has 0 aliphatic carbocycles. The molecule has 0 saturated carbocycles. The van der Waals surface area contributed by atoms with Crippen molar-refractivity contribution < 1.29 is 19.1 Å². The van der Waals surface area contributed by atoms with Crippen LogP contribution in [0.1, 0.15) is 26.7 Å². The van der Waals surface area contributed by atoms with Gasteiger partial charge in [-0.2, -0.15) is 0 Å². The fraction of sp³-hybridized carbons (Fsp3) is 0.0513. The lowest BCUT2D eigenvalue weighted by molar-refractivity contribution is -0.116. The van der Waals surface area contributed by atoms with E-state index in [2.05, 4.69) is 20.9 Å². The second kappa shape index (κ2) is 15.0. The Labute approximate surface area is 282 Å². The highest BCUT2D eigenvalue weighted by Crippen LogP contribution is 2.37. The molecule has 0 fully saturated rings. The van der Waals surface area contributed by atoms with Crippen molar-refractivity contribution in [1.82, 2.24) is 10.3 Å². The standard InChI is InChI=1S/C39H32N4O4S/c1-47-32-19-15-26(16-20-32)23-35(43-37(44)29-11-6-3-7-12-29)38(45)41-30-13-8-14-33(24-30)48-36(28-9-4-2-5-10-28)39(46)42-31-18-17-27-21-22-40-34(27)25-31/h2-25,36,40H,1H3,(H,41,45)(H,42,46)(H,43,44)/b35-23+. The van der Waals surface area contributed by atoms with Gasteiger partial charge >= 0.3 is 0 Å². The quantitative estimate of drug-likeness (QED) is 0.0836. The Morgan fingerprint density at radius 1 is 0.750 bits per heavy atom. The number of carbonyl (C=O) groups is 3. The molecule has 0 bridgehead atoms. The van der Waals surface area contributed by atoms with Gasteiger partial charge in [0.1, 0.15) is 16.7 Å². The van der Waals surface area contributed by atoms with Crippen LogP contribution in [0.4, 0.5) is 11.4 Å². The lowest BCUT2D eigenvalue weighted by atomic mass is 10.1. The van der Waals surface area contributed by atoms with Gasteiger partial charge in [0.15, 0.2) is 0 Å². The number of hydrogen-bond acceptors (Lipinski definition) is 5. The maximum absolute atomic E-state index is 13.7. The number of aromatic nitrogens is 1. The van der Waals surface area contributed by atoms with Crippen molar-refractivity contribution in [2.24, 2.45) is 0 Å². The molecule has 9 heteroatoms. The third-order valence-corrected chi connectivity index (χ3v) is 8.71. The zero-order valence-electron chi connectivity index (χ0n) is 26.0. The van der Waals surface area contributed by atoms with Gasteiger partial charge in [-0.25, -0.2) is 0 Å². The molecule has 4 N–H and O–H groups in total. The number of amides is 3. The van der Waals surface area contributed by atoms with E-state index in [0.717, 1.165) is 21.4 Å². The second-order valence-corrected chi connectivity index (χ2v) is 12.0. The van der Waals surface area contributed by atoms with Crippen LogP contribution in [0.3, 0.4) is 0 Å². The van der Waals surface area contributed by atoms with E-state index < -0.39 is 17.1 Å². The highest BCUT2D eigenvalue weighted by atomic mass is 32.2. The molecule has 1 aromatic heterocycles. The summed E-state index contributed by atoms with van der Waals surface area (Å²) >= 11 is 1.37. The summed E-state index contributed by atoms with van der Waals surface area (Å²) in [7, 11) is 1.58. The zero-order valence-corrected chi connectivity index (χ0v) is 26.8. The number of aromatic amines is 1. The van der Waals surface area contributed by atoms with Gasteiger partial charge in [0, 0.05) is 33.5 Å². The fourth-order valence-electron chi connectivity index (χ4n) is 5.03. The Bertz CT molecular complexity index is 2080. The SMILES string of the molecule is COc1ccc(/C=C(/NC(=O)c2ccccc2)C(=O)Nc2cccc(SC(C(=O)Nc3ccc4cc[nH]c4c3)c3ccccc3)c2)cc1. The van der Waals surface area contributed by atoms with Gasteiger partial charge in [-0.15, -0.1) is 11.8 Å². The van der Waals surface area contributed by atoms with Crippen LogP contribution in [0.15, 0.2) is 150 Å². The largest absolute Gasteiger partial charge is 0.497 e. The molecule has 5 aromatic carbocycles. The van der Waals surface area contributed by atoms with Gasteiger partial charge in [-0.05, 0) is 83.3 Å². The van der Waals surface area contributed by atoms with Gasteiger partial charge in [-0.1, -0.05) is 72.8 Å². The summed E-state index contributed by atoms with van der Waals surface area (Å²) in [6.07, 6.45) is 3.47. The van der Waals surface area contributed by atoms with Crippen LogP contribution in [-0.2, 0) is 9.59 Å². The Kier molecular flexibility index (Phi) is 9.98. The Morgan fingerprint density at radius 2 is 1.48 bits per heavy atom. The van der Waals surface area contributed by atoms with Crippen molar-refractivity contribution in [1.29, 1.82) is 0 Å². The molecule has 1 atom stereocenters. The summed E-state index contributed by atoms with van der Waals surface area (Å²) in [5.41, 5.74) is 4.14. The monoisotopic (exact) mass is 652 g/mol. The van der Waals surface area contributed by atoms with Crippen LogP contribution in [0.25, 0.3) is 17.0 Å². The van der Waals surface area contributed by atoms with Crippen molar-refractivity contribution in [2.75, 3.05) is 17.7 Å². The number of benzene rings is 5. The Balaban J connectivity index is 1.22. The molecule has 48 heavy (non-hydrogen) atoms. The summed E-state index contributed by atoms with van der Waals surface area (Å²) < 4.78 is 5.25. The minimum atomic E-state index is -0.577. The van der Waals surface area contributed by atoms with E-state index in [-0.39, 0.29) is 11.6 Å². The predicted octanol–water partition coefficient (Wildman–Crippen LogP) is 8.06. The van der Waals surface area contributed by atoms with E-state index in [1.807, 2.05) is 79.0 Å². The number of hydrogen-bond donors (Lipinski definition) is 4. The second-order valence-electron chi connectivity index (χ2n) is 10.8. The number of nitrogens with one attached hydrogen (secondary N) is 4. The molecule has 238 valence electrons. The van der Waals surface area contributed by atoms with Crippen LogP contribution in [0, 0.1) is 0 Å². The summed E-state index contributed by atoms with van der Waals surface area (Å²) in [6.45, 7) is 0. The Hall–Kier alpha value is -6.06. The van der Waals surface area contributed by atoms with E-state index in [1.54, 1.807) is 73.8 Å². The summed E-state index contributed by atoms with van der Waals surface area (Å²) in [5.74, 6) is -0.430. The van der Waals surface area contributed by atoms with Crippen molar-refractivity contribution in [3.63, 3.8) is 0 Å². The molecule has 0 aliphatic heterocycles. The molecular weight excluding hydrogens is 621 g/mol. The third kappa shape index (κ3) is 8.01. The predicted molar refractivity (Wildman–Crippen MR) is 192 cm³/mol. The summed E-state index contributed by atoms with van der Waals surface area (Å²) in [6, 6.07) is 40.4. The summed E-state index contributed by atoms with van der Waals surface area (Å²) in [5, 5.41) is 9.22.